The molecule has 3 rings (SSSR count). The largest absolute Gasteiger partial charge is 0.491 e. The molecule has 0 aliphatic carbocycles. The molecule has 130 valence electrons. The number of aromatic amines is 1. The van der Waals surface area contributed by atoms with Crippen LogP contribution in [0.3, 0.4) is 0 Å². The Hall–Kier alpha value is -2.32. The molecule has 8 heteroatoms. The molecule has 0 aliphatic heterocycles. The SMILES string of the molecule is NC(=O)CCOc1ccccc1NCc1cn[nH]c1-c1ccc(Br)s1. The normalized spacial score (nSPS) is 10.6. The fourth-order valence-electron chi connectivity index (χ4n) is 2.30. The number of halogens is 1. The number of thiophene rings is 1. The van der Waals surface area contributed by atoms with Crippen molar-refractivity contribution in [2.75, 3.05) is 11.9 Å². The summed E-state index contributed by atoms with van der Waals surface area (Å²) in [6, 6.07) is 11.7. The van der Waals surface area contributed by atoms with Gasteiger partial charge in [-0.2, -0.15) is 5.10 Å². The van der Waals surface area contributed by atoms with E-state index in [1.54, 1.807) is 11.3 Å². The van der Waals surface area contributed by atoms with Crippen molar-refractivity contribution in [3.8, 4) is 16.3 Å². The Balaban J connectivity index is 1.68. The zero-order valence-electron chi connectivity index (χ0n) is 13.3. The van der Waals surface area contributed by atoms with Gasteiger partial charge in [-0.3, -0.25) is 9.89 Å². The van der Waals surface area contributed by atoms with E-state index in [4.69, 9.17) is 10.5 Å². The quantitative estimate of drug-likeness (QED) is 0.516. The second kappa shape index (κ2) is 8.17. The van der Waals surface area contributed by atoms with Gasteiger partial charge < -0.3 is 15.8 Å². The Kier molecular flexibility index (Phi) is 5.72. The molecule has 2 aromatic heterocycles. The number of para-hydroxylation sites is 2. The topological polar surface area (TPSA) is 93.0 Å². The van der Waals surface area contributed by atoms with Crippen molar-refractivity contribution in [1.29, 1.82) is 0 Å². The number of hydrogen-bond donors (Lipinski definition) is 3. The second-order valence-corrected chi connectivity index (χ2v) is 7.75. The van der Waals surface area contributed by atoms with Crippen molar-refractivity contribution in [3.05, 3.63) is 51.9 Å². The van der Waals surface area contributed by atoms with E-state index >= 15 is 0 Å². The lowest BCUT2D eigenvalue weighted by molar-refractivity contribution is -0.118. The van der Waals surface area contributed by atoms with Crippen molar-refractivity contribution in [1.82, 2.24) is 10.2 Å². The minimum absolute atomic E-state index is 0.188. The first kappa shape index (κ1) is 17.5. The molecule has 0 saturated heterocycles. The highest BCUT2D eigenvalue weighted by Gasteiger charge is 2.11. The van der Waals surface area contributed by atoms with Crippen molar-refractivity contribution < 1.29 is 9.53 Å². The van der Waals surface area contributed by atoms with Crippen LogP contribution in [0.15, 0.2) is 46.4 Å². The number of benzene rings is 1. The molecule has 0 bridgehead atoms. The predicted octanol–water partition coefficient (Wildman–Crippen LogP) is 3.77. The molecular formula is C17H17BrN4O2S. The average molecular weight is 421 g/mol. The van der Waals surface area contributed by atoms with Gasteiger partial charge in [-0.15, -0.1) is 11.3 Å². The number of hydrogen-bond acceptors (Lipinski definition) is 5. The molecule has 0 saturated carbocycles. The van der Waals surface area contributed by atoms with Crippen LogP contribution in [0.4, 0.5) is 5.69 Å². The summed E-state index contributed by atoms with van der Waals surface area (Å²) in [5.74, 6) is 0.309. The maximum atomic E-state index is 10.8. The van der Waals surface area contributed by atoms with Crippen molar-refractivity contribution in [2.45, 2.75) is 13.0 Å². The first-order valence-corrected chi connectivity index (χ1v) is 9.26. The number of H-pyrrole nitrogens is 1. The molecule has 0 radical (unpaired) electrons. The van der Waals surface area contributed by atoms with Crippen LogP contribution in [0.5, 0.6) is 5.75 Å². The first-order valence-electron chi connectivity index (χ1n) is 7.65. The van der Waals surface area contributed by atoms with E-state index in [1.807, 2.05) is 42.6 Å². The average Bonchev–Trinajstić information content (AvgIpc) is 3.22. The molecule has 2 heterocycles. The zero-order chi connectivity index (χ0) is 17.6. The molecule has 1 aromatic carbocycles. The molecule has 0 aliphatic rings. The predicted molar refractivity (Wildman–Crippen MR) is 103 cm³/mol. The first-order chi connectivity index (χ1) is 12.1. The zero-order valence-corrected chi connectivity index (χ0v) is 15.7. The molecule has 4 N–H and O–H groups in total. The molecule has 1 amide bonds. The maximum Gasteiger partial charge on any atom is 0.220 e. The number of nitrogens with one attached hydrogen (secondary N) is 2. The molecule has 0 fully saturated rings. The Morgan fingerprint density at radius 2 is 2.16 bits per heavy atom. The third-order valence-corrected chi connectivity index (χ3v) is 5.14. The van der Waals surface area contributed by atoms with Crippen LogP contribution in [-0.4, -0.2) is 22.7 Å². The highest BCUT2D eigenvalue weighted by Crippen LogP contribution is 2.32. The molecular weight excluding hydrogens is 404 g/mol. The highest BCUT2D eigenvalue weighted by atomic mass is 79.9. The highest BCUT2D eigenvalue weighted by molar-refractivity contribution is 9.11. The lowest BCUT2D eigenvalue weighted by atomic mass is 10.2. The number of carbonyl (C=O) groups is 1. The number of anilines is 1. The van der Waals surface area contributed by atoms with Gasteiger partial charge in [0.15, 0.2) is 0 Å². The van der Waals surface area contributed by atoms with Gasteiger partial charge in [-0.1, -0.05) is 12.1 Å². The van der Waals surface area contributed by atoms with Gasteiger partial charge in [0.05, 0.1) is 39.3 Å². The summed E-state index contributed by atoms with van der Waals surface area (Å²) in [6.45, 7) is 0.853. The summed E-state index contributed by atoms with van der Waals surface area (Å²) in [4.78, 5) is 12.0. The molecule has 3 aromatic rings. The summed E-state index contributed by atoms with van der Waals surface area (Å²) in [5.41, 5.74) is 8.05. The van der Waals surface area contributed by atoms with Gasteiger partial charge in [-0.05, 0) is 40.2 Å². The van der Waals surface area contributed by atoms with Crippen molar-refractivity contribution >= 4 is 38.9 Å². The van der Waals surface area contributed by atoms with Gasteiger partial charge in [0.1, 0.15) is 5.75 Å². The van der Waals surface area contributed by atoms with E-state index in [9.17, 15) is 4.79 Å². The fraction of sp³-hybridized carbons (Fsp3) is 0.176. The number of aromatic nitrogens is 2. The van der Waals surface area contributed by atoms with Crippen molar-refractivity contribution in [2.24, 2.45) is 5.73 Å². The Morgan fingerprint density at radius 3 is 2.92 bits per heavy atom. The number of nitrogens with zero attached hydrogens (tertiary/aromatic N) is 1. The van der Waals surface area contributed by atoms with E-state index in [1.165, 1.54) is 0 Å². The van der Waals surface area contributed by atoms with Gasteiger partial charge in [0, 0.05) is 12.1 Å². The summed E-state index contributed by atoms with van der Waals surface area (Å²) >= 11 is 5.13. The van der Waals surface area contributed by atoms with Gasteiger partial charge >= 0.3 is 0 Å². The third kappa shape index (κ3) is 4.61. The van der Waals surface area contributed by atoms with Crippen LogP contribution >= 0.6 is 27.3 Å². The fourth-order valence-corrected chi connectivity index (χ4v) is 3.71. The van der Waals surface area contributed by atoms with Crippen LogP contribution < -0.4 is 15.8 Å². The lowest BCUT2D eigenvalue weighted by Gasteiger charge is -2.12. The van der Waals surface area contributed by atoms with Crippen LogP contribution in [0.2, 0.25) is 0 Å². The van der Waals surface area contributed by atoms with Crippen molar-refractivity contribution in [3.63, 3.8) is 0 Å². The molecule has 0 spiro atoms. The maximum absolute atomic E-state index is 10.8. The Morgan fingerprint density at radius 1 is 1.32 bits per heavy atom. The minimum Gasteiger partial charge on any atom is -0.491 e. The smallest absolute Gasteiger partial charge is 0.220 e. The Bertz CT molecular complexity index is 862. The lowest BCUT2D eigenvalue weighted by Crippen LogP contribution is -2.15. The number of rotatable bonds is 8. The molecule has 0 atom stereocenters. The standard InChI is InChI=1S/C17H17BrN4O2S/c18-15-6-5-14(25-15)17-11(10-21-22-17)9-20-12-3-1-2-4-13(12)24-8-7-16(19)23/h1-6,10,20H,7-9H2,(H2,19,23)(H,21,22). The van der Waals surface area contributed by atoms with Crippen LogP contribution in [-0.2, 0) is 11.3 Å². The number of nitrogens with two attached hydrogens (primary N) is 1. The third-order valence-electron chi connectivity index (χ3n) is 3.50. The summed E-state index contributed by atoms with van der Waals surface area (Å²) in [7, 11) is 0. The van der Waals surface area contributed by atoms with Gasteiger partial charge in [0.2, 0.25) is 5.91 Å². The van der Waals surface area contributed by atoms with Gasteiger partial charge in [0.25, 0.3) is 0 Å². The molecule has 6 nitrogen and oxygen atoms in total. The summed E-state index contributed by atoms with van der Waals surface area (Å²) in [6.07, 6.45) is 2.00. The van der Waals surface area contributed by atoms with E-state index in [-0.39, 0.29) is 18.9 Å². The molecule has 25 heavy (non-hydrogen) atoms. The minimum atomic E-state index is -0.379. The Labute approximate surface area is 157 Å². The van der Waals surface area contributed by atoms with E-state index in [2.05, 4.69) is 31.4 Å². The van der Waals surface area contributed by atoms with Crippen LogP contribution in [0, 0.1) is 0 Å². The van der Waals surface area contributed by atoms with Gasteiger partial charge in [-0.25, -0.2) is 0 Å². The van der Waals surface area contributed by atoms with E-state index in [0.29, 0.717) is 12.3 Å². The molecule has 0 unspecified atom stereocenters. The monoisotopic (exact) mass is 420 g/mol. The number of primary amides is 1. The van der Waals surface area contributed by atoms with E-state index in [0.717, 1.165) is 25.6 Å². The van der Waals surface area contributed by atoms with E-state index < -0.39 is 0 Å². The summed E-state index contributed by atoms with van der Waals surface area (Å²) < 4.78 is 6.72. The van der Waals surface area contributed by atoms with Crippen LogP contribution in [0.25, 0.3) is 10.6 Å². The summed E-state index contributed by atoms with van der Waals surface area (Å²) in [5, 5.41) is 10.6. The number of ether oxygens (including phenoxy) is 1. The number of amides is 1. The second-order valence-electron chi connectivity index (χ2n) is 5.29. The number of carbonyl (C=O) groups excluding carboxylic acids is 1. The van der Waals surface area contributed by atoms with Crippen LogP contribution in [0.1, 0.15) is 12.0 Å².